The molecule has 0 saturated carbocycles. The molecular weight excluding hydrogens is 270 g/mol. The first-order chi connectivity index (χ1) is 9.52. The first-order valence-corrected chi connectivity index (χ1v) is 8.02. The topological polar surface area (TPSA) is 55.3 Å². The summed E-state index contributed by atoms with van der Waals surface area (Å²) in [6.07, 6.45) is 1.20. The second-order valence-corrected chi connectivity index (χ2v) is 7.77. The fourth-order valence-electron chi connectivity index (χ4n) is 2.47. The predicted octanol–water partition coefficient (Wildman–Crippen LogP) is 3.13. The van der Waals surface area contributed by atoms with Gasteiger partial charge in [0.25, 0.3) is 0 Å². The molecule has 0 radical (unpaired) electrons. The normalized spacial score (nSPS) is 20.1. The summed E-state index contributed by atoms with van der Waals surface area (Å²) in [5, 5.41) is 0. The van der Waals surface area contributed by atoms with E-state index in [0.717, 1.165) is 36.6 Å². The van der Waals surface area contributed by atoms with Crippen molar-refractivity contribution in [2.24, 2.45) is 0 Å². The van der Waals surface area contributed by atoms with Gasteiger partial charge >= 0.3 is 0 Å². The highest BCUT2D eigenvalue weighted by Gasteiger charge is 2.24. The first kappa shape index (κ1) is 13.8. The maximum absolute atomic E-state index is 5.80. The van der Waals surface area contributed by atoms with Gasteiger partial charge in [-0.15, -0.1) is 0 Å². The molecule has 0 amide bonds. The van der Waals surface area contributed by atoms with E-state index in [9.17, 15) is 0 Å². The summed E-state index contributed by atoms with van der Waals surface area (Å²) >= 11 is 2.05. The lowest BCUT2D eigenvalue weighted by molar-refractivity contribution is 0.251. The Morgan fingerprint density at radius 2 is 2.25 bits per heavy atom. The van der Waals surface area contributed by atoms with Crippen LogP contribution in [0.15, 0.2) is 22.6 Å². The van der Waals surface area contributed by atoms with Crippen molar-refractivity contribution in [3.05, 3.63) is 24.1 Å². The zero-order chi connectivity index (χ0) is 14.2. The number of oxazole rings is 1. The number of anilines is 1. The van der Waals surface area contributed by atoms with E-state index in [0.29, 0.717) is 10.4 Å². The van der Waals surface area contributed by atoms with Crippen LogP contribution < -0.4 is 5.73 Å². The van der Waals surface area contributed by atoms with Crippen molar-refractivity contribution in [1.82, 2.24) is 9.88 Å². The van der Waals surface area contributed by atoms with Gasteiger partial charge in [-0.3, -0.25) is 4.90 Å². The lowest BCUT2D eigenvalue weighted by atomic mass is 10.1. The Hall–Kier alpha value is -1.20. The molecule has 20 heavy (non-hydrogen) atoms. The number of nitrogens with two attached hydrogens (primary N) is 1. The molecule has 4 nitrogen and oxygen atoms in total. The summed E-state index contributed by atoms with van der Waals surface area (Å²) in [6, 6.07) is 5.62. The van der Waals surface area contributed by atoms with Crippen molar-refractivity contribution in [2.75, 3.05) is 24.6 Å². The lowest BCUT2D eigenvalue weighted by Crippen LogP contribution is -2.26. The van der Waals surface area contributed by atoms with Crippen LogP contribution in [-0.4, -0.2) is 33.5 Å². The molecule has 5 heteroatoms. The van der Waals surface area contributed by atoms with Crippen molar-refractivity contribution in [1.29, 1.82) is 0 Å². The maximum atomic E-state index is 5.80. The smallest absolute Gasteiger partial charge is 0.209 e. The number of hydrogen-bond donors (Lipinski definition) is 1. The SMILES string of the molecule is CC1(C)CCN(Cc2nc3ccc(N)cc3o2)CCS1. The summed E-state index contributed by atoms with van der Waals surface area (Å²) in [7, 11) is 0. The van der Waals surface area contributed by atoms with Gasteiger partial charge in [-0.25, -0.2) is 4.98 Å². The Morgan fingerprint density at radius 1 is 1.40 bits per heavy atom. The molecule has 1 fully saturated rings. The standard InChI is InChI=1S/C15H21N3OS/c1-15(2)5-6-18(7-8-20-15)10-14-17-12-4-3-11(16)9-13(12)19-14/h3-4,9H,5-8,10,16H2,1-2H3. The van der Waals surface area contributed by atoms with Gasteiger partial charge in [0.15, 0.2) is 5.58 Å². The van der Waals surface area contributed by atoms with E-state index in [2.05, 4.69) is 35.5 Å². The van der Waals surface area contributed by atoms with E-state index >= 15 is 0 Å². The minimum atomic E-state index is 0.379. The first-order valence-electron chi connectivity index (χ1n) is 7.03. The van der Waals surface area contributed by atoms with Gasteiger partial charge in [0, 0.05) is 35.3 Å². The van der Waals surface area contributed by atoms with Crippen LogP contribution >= 0.6 is 11.8 Å². The summed E-state index contributed by atoms with van der Waals surface area (Å²) in [4.78, 5) is 6.97. The lowest BCUT2D eigenvalue weighted by Gasteiger charge is -2.21. The van der Waals surface area contributed by atoms with Gasteiger partial charge < -0.3 is 10.2 Å². The molecular formula is C15H21N3OS. The van der Waals surface area contributed by atoms with Crippen molar-refractivity contribution in [3.63, 3.8) is 0 Å². The molecule has 0 atom stereocenters. The highest BCUT2D eigenvalue weighted by Crippen LogP contribution is 2.31. The molecule has 0 aliphatic carbocycles. The zero-order valence-electron chi connectivity index (χ0n) is 12.1. The monoisotopic (exact) mass is 291 g/mol. The van der Waals surface area contributed by atoms with Crippen LogP contribution in [0.2, 0.25) is 0 Å². The van der Waals surface area contributed by atoms with Gasteiger partial charge in [-0.2, -0.15) is 11.8 Å². The Balaban J connectivity index is 1.72. The van der Waals surface area contributed by atoms with Crippen molar-refractivity contribution >= 4 is 28.5 Å². The predicted molar refractivity (Wildman–Crippen MR) is 84.9 cm³/mol. The molecule has 2 heterocycles. The molecule has 1 aliphatic rings. The van der Waals surface area contributed by atoms with Crippen LogP contribution in [0.1, 0.15) is 26.2 Å². The quantitative estimate of drug-likeness (QED) is 0.862. The van der Waals surface area contributed by atoms with Gasteiger partial charge in [0.05, 0.1) is 6.54 Å². The van der Waals surface area contributed by atoms with E-state index in [1.807, 2.05) is 18.2 Å². The van der Waals surface area contributed by atoms with Crippen LogP contribution in [0, 0.1) is 0 Å². The summed E-state index contributed by atoms with van der Waals surface area (Å²) in [6.45, 7) is 7.62. The van der Waals surface area contributed by atoms with Gasteiger partial charge in [0.2, 0.25) is 5.89 Å². The molecule has 0 bridgehead atoms. The fourth-order valence-corrected chi connectivity index (χ4v) is 3.61. The number of nitrogens with zero attached hydrogens (tertiary/aromatic N) is 2. The largest absolute Gasteiger partial charge is 0.439 e. The third kappa shape index (κ3) is 3.10. The highest BCUT2D eigenvalue weighted by molar-refractivity contribution is 8.00. The third-order valence-electron chi connectivity index (χ3n) is 3.75. The van der Waals surface area contributed by atoms with E-state index < -0.39 is 0 Å². The molecule has 1 saturated heterocycles. The fraction of sp³-hybridized carbons (Fsp3) is 0.533. The second kappa shape index (κ2) is 5.30. The third-order valence-corrected chi connectivity index (χ3v) is 5.12. The summed E-state index contributed by atoms with van der Waals surface area (Å²) < 4.78 is 6.18. The molecule has 0 unspecified atom stereocenters. The molecule has 3 rings (SSSR count). The van der Waals surface area contributed by atoms with Crippen molar-refractivity contribution < 1.29 is 4.42 Å². The van der Waals surface area contributed by atoms with Crippen molar-refractivity contribution in [3.8, 4) is 0 Å². The maximum Gasteiger partial charge on any atom is 0.209 e. The Kier molecular flexibility index (Phi) is 3.65. The number of rotatable bonds is 2. The molecule has 0 spiro atoms. The Morgan fingerprint density at radius 3 is 3.10 bits per heavy atom. The molecule has 1 aromatic heterocycles. The van der Waals surface area contributed by atoms with Crippen LogP contribution in [0.25, 0.3) is 11.1 Å². The minimum absolute atomic E-state index is 0.379. The molecule has 1 aromatic carbocycles. The van der Waals surface area contributed by atoms with Gasteiger partial charge in [0.1, 0.15) is 5.52 Å². The second-order valence-electron chi connectivity index (χ2n) is 5.97. The molecule has 1 aliphatic heterocycles. The highest BCUT2D eigenvalue weighted by atomic mass is 32.2. The number of thioether (sulfide) groups is 1. The average Bonchev–Trinajstić information content (AvgIpc) is 2.68. The average molecular weight is 291 g/mol. The van der Waals surface area contributed by atoms with Crippen LogP contribution in [0.4, 0.5) is 5.69 Å². The number of hydrogen-bond acceptors (Lipinski definition) is 5. The van der Waals surface area contributed by atoms with E-state index in [1.54, 1.807) is 0 Å². The summed E-state index contributed by atoms with van der Waals surface area (Å²) in [5.74, 6) is 1.95. The van der Waals surface area contributed by atoms with Crippen LogP contribution in [-0.2, 0) is 6.54 Å². The van der Waals surface area contributed by atoms with E-state index in [1.165, 1.54) is 12.2 Å². The Labute approximate surface area is 123 Å². The number of aromatic nitrogens is 1. The van der Waals surface area contributed by atoms with Gasteiger partial charge in [-0.05, 0) is 18.6 Å². The number of fused-ring (bicyclic) bond motifs is 1. The van der Waals surface area contributed by atoms with Crippen LogP contribution in [0.5, 0.6) is 0 Å². The van der Waals surface area contributed by atoms with E-state index in [-0.39, 0.29) is 0 Å². The van der Waals surface area contributed by atoms with E-state index in [4.69, 9.17) is 10.2 Å². The number of nitrogen functional groups attached to an aromatic ring is 1. The molecule has 2 N–H and O–H groups in total. The minimum Gasteiger partial charge on any atom is -0.439 e. The Bertz CT molecular complexity index is 608. The van der Waals surface area contributed by atoms with Crippen molar-refractivity contribution in [2.45, 2.75) is 31.6 Å². The zero-order valence-corrected chi connectivity index (χ0v) is 12.9. The number of benzene rings is 1. The van der Waals surface area contributed by atoms with Gasteiger partial charge in [-0.1, -0.05) is 13.8 Å². The molecule has 2 aromatic rings. The molecule has 108 valence electrons. The summed E-state index contributed by atoms with van der Waals surface area (Å²) in [5.41, 5.74) is 8.15. The van der Waals surface area contributed by atoms with Crippen LogP contribution in [0.3, 0.4) is 0 Å².